The lowest BCUT2D eigenvalue weighted by Gasteiger charge is -2.20. The summed E-state index contributed by atoms with van der Waals surface area (Å²) < 4.78 is 13.1. The third-order valence-electron chi connectivity index (χ3n) is 3.20. The standard InChI is InChI=1S/C12H17FN2/c1-2-9-5-6-15(8-9)12-7-10(13)3-4-11(12)14/h3-4,7,9H,2,5-6,8,14H2,1H3. The molecule has 0 bridgehead atoms. The van der Waals surface area contributed by atoms with Crippen molar-refractivity contribution in [2.24, 2.45) is 5.92 Å². The zero-order valence-corrected chi connectivity index (χ0v) is 9.04. The van der Waals surface area contributed by atoms with Crippen LogP contribution in [0, 0.1) is 11.7 Å². The number of rotatable bonds is 2. The summed E-state index contributed by atoms with van der Waals surface area (Å²) in [4.78, 5) is 2.19. The number of anilines is 2. The number of nitrogens with zero attached hydrogens (tertiary/aromatic N) is 1. The molecule has 3 heteroatoms. The lowest BCUT2D eigenvalue weighted by atomic mass is 10.1. The van der Waals surface area contributed by atoms with E-state index in [0.29, 0.717) is 5.69 Å². The predicted molar refractivity (Wildman–Crippen MR) is 61.4 cm³/mol. The summed E-state index contributed by atoms with van der Waals surface area (Å²) in [5.41, 5.74) is 7.37. The van der Waals surface area contributed by atoms with E-state index in [-0.39, 0.29) is 5.82 Å². The van der Waals surface area contributed by atoms with Gasteiger partial charge in [-0.15, -0.1) is 0 Å². The van der Waals surface area contributed by atoms with Gasteiger partial charge in [-0.3, -0.25) is 0 Å². The van der Waals surface area contributed by atoms with Crippen molar-refractivity contribution in [2.45, 2.75) is 19.8 Å². The molecule has 1 aliphatic rings. The minimum absolute atomic E-state index is 0.209. The maximum Gasteiger partial charge on any atom is 0.125 e. The van der Waals surface area contributed by atoms with Crippen LogP contribution in [0.1, 0.15) is 19.8 Å². The largest absolute Gasteiger partial charge is 0.397 e. The van der Waals surface area contributed by atoms with Gasteiger partial charge in [0.25, 0.3) is 0 Å². The number of nitrogens with two attached hydrogens (primary N) is 1. The highest BCUT2D eigenvalue weighted by molar-refractivity contribution is 5.67. The SMILES string of the molecule is CCC1CCN(c2cc(F)ccc2N)C1. The van der Waals surface area contributed by atoms with Crippen LogP contribution < -0.4 is 10.6 Å². The van der Waals surface area contributed by atoms with Gasteiger partial charge < -0.3 is 10.6 Å². The lowest BCUT2D eigenvalue weighted by molar-refractivity contribution is 0.569. The van der Waals surface area contributed by atoms with Crippen molar-refractivity contribution in [3.05, 3.63) is 24.0 Å². The van der Waals surface area contributed by atoms with Gasteiger partial charge in [0.05, 0.1) is 11.4 Å². The second-order valence-electron chi connectivity index (χ2n) is 4.21. The molecule has 2 nitrogen and oxygen atoms in total. The first-order valence-electron chi connectivity index (χ1n) is 5.50. The molecule has 82 valence electrons. The molecule has 1 fully saturated rings. The highest BCUT2D eigenvalue weighted by Gasteiger charge is 2.22. The smallest absolute Gasteiger partial charge is 0.125 e. The maximum atomic E-state index is 13.1. The predicted octanol–water partition coefficient (Wildman–Crippen LogP) is 2.64. The second-order valence-corrected chi connectivity index (χ2v) is 4.21. The minimum Gasteiger partial charge on any atom is -0.397 e. The average molecular weight is 208 g/mol. The summed E-state index contributed by atoms with van der Waals surface area (Å²) in [6.45, 7) is 4.19. The molecular weight excluding hydrogens is 191 g/mol. The van der Waals surface area contributed by atoms with E-state index in [1.807, 2.05) is 0 Å². The Morgan fingerprint density at radius 2 is 2.33 bits per heavy atom. The van der Waals surface area contributed by atoms with Gasteiger partial charge in [0, 0.05) is 13.1 Å². The monoisotopic (exact) mass is 208 g/mol. The molecule has 0 spiro atoms. The van der Waals surface area contributed by atoms with Crippen molar-refractivity contribution in [2.75, 3.05) is 23.7 Å². The van der Waals surface area contributed by atoms with Crippen LogP contribution in [0.5, 0.6) is 0 Å². The fourth-order valence-electron chi connectivity index (χ4n) is 2.18. The normalized spacial score (nSPS) is 20.9. The highest BCUT2D eigenvalue weighted by atomic mass is 19.1. The molecule has 0 amide bonds. The van der Waals surface area contributed by atoms with Gasteiger partial charge >= 0.3 is 0 Å². The van der Waals surface area contributed by atoms with Crippen molar-refractivity contribution in [1.82, 2.24) is 0 Å². The Kier molecular flexibility index (Phi) is 2.80. The Balaban J connectivity index is 2.19. The van der Waals surface area contributed by atoms with Crippen LogP contribution in [0.2, 0.25) is 0 Å². The summed E-state index contributed by atoms with van der Waals surface area (Å²) in [6, 6.07) is 4.59. The summed E-state index contributed by atoms with van der Waals surface area (Å²) in [6.07, 6.45) is 2.37. The van der Waals surface area contributed by atoms with E-state index < -0.39 is 0 Å². The van der Waals surface area contributed by atoms with Crippen molar-refractivity contribution in [3.8, 4) is 0 Å². The van der Waals surface area contributed by atoms with Gasteiger partial charge in [-0.1, -0.05) is 13.3 Å². The Bertz CT molecular complexity index is 351. The van der Waals surface area contributed by atoms with Gasteiger partial charge in [0.15, 0.2) is 0 Å². The van der Waals surface area contributed by atoms with E-state index >= 15 is 0 Å². The molecule has 15 heavy (non-hydrogen) atoms. The van der Waals surface area contributed by atoms with Gasteiger partial charge in [0.2, 0.25) is 0 Å². The van der Waals surface area contributed by atoms with Crippen molar-refractivity contribution in [3.63, 3.8) is 0 Å². The quantitative estimate of drug-likeness (QED) is 0.757. The van der Waals surface area contributed by atoms with E-state index in [4.69, 9.17) is 5.73 Å². The van der Waals surface area contributed by atoms with E-state index in [2.05, 4.69) is 11.8 Å². The summed E-state index contributed by atoms with van der Waals surface area (Å²) in [5, 5.41) is 0. The molecule has 1 aromatic rings. The average Bonchev–Trinajstić information content (AvgIpc) is 2.70. The molecule has 2 N–H and O–H groups in total. The molecule has 0 aromatic heterocycles. The molecule has 1 atom stereocenters. The number of hydrogen-bond donors (Lipinski definition) is 1. The molecule has 0 radical (unpaired) electrons. The minimum atomic E-state index is -0.209. The van der Waals surface area contributed by atoms with Crippen LogP contribution in [-0.4, -0.2) is 13.1 Å². The fraction of sp³-hybridized carbons (Fsp3) is 0.500. The van der Waals surface area contributed by atoms with Gasteiger partial charge in [-0.25, -0.2) is 4.39 Å². The second kappa shape index (κ2) is 4.09. The van der Waals surface area contributed by atoms with E-state index in [1.54, 1.807) is 6.07 Å². The first kappa shape index (κ1) is 10.3. The molecule has 1 aromatic carbocycles. The van der Waals surface area contributed by atoms with Crippen molar-refractivity contribution >= 4 is 11.4 Å². The summed E-state index contributed by atoms with van der Waals surface area (Å²) >= 11 is 0. The number of halogens is 1. The van der Waals surface area contributed by atoms with Gasteiger partial charge in [-0.2, -0.15) is 0 Å². The highest BCUT2D eigenvalue weighted by Crippen LogP contribution is 2.30. The summed E-state index contributed by atoms with van der Waals surface area (Å²) in [7, 11) is 0. The molecule has 1 heterocycles. The van der Waals surface area contributed by atoms with Crippen LogP contribution in [0.25, 0.3) is 0 Å². The molecule has 0 saturated carbocycles. The number of nitrogen functional groups attached to an aromatic ring is 1. The molecule has 0 aliphatic carbocycles. The fourth-order valence-corrected chi connectivity index (χ4v) is 2.18. The Morgan fingerprint density at radius 3 is 3.00 bits per heavy atom. The molecule has 1 unspecified atom stereocenters. The van der Waals surface area contributed by atoms with E-state index in [9.17, 15) is 4.39 Å². The maximum absolute atomic E-state index is 13.1. The van der Waals surface area contributed by atoms with Crippen molar-refractivity contribution < 1.29 is 4.39 Å². The van der Waals surface area contributed by atoms with E-state index in [0.717, 1.165) is 24.7 Å². The van der Waals surface area contributed by atoms with Crippen LogP contribution in [0.15, 0.2) is 18.2 Å². The Hall–Kier alpha value is -1.25. The molecule has 1 aliphatic heterocycles. The zero-order valence-electron chi connectivity index (χ0n) is 9.04. The molecular formula is C12H17FN2. The van der Waals surface area contributed by atoms with Crippen LogP contribution in [0.3, 0.4) is 0 Å². The van der Waals surface area contributed by atoms with Crippen molar-refractivity contribution in [1.29, 1.82) is 0 Å². The third-order valence-corrected chi connectivity index (χ3v) is 3.20. The lowest BCUT2D eigenvalue weighted by Crippen LogP contribution is -2.20. The molecule has 2 rings (SSSR count). The Labute approximate surface area is 89.9 Å². The number of hydrogen-bond acceptors (Lipinski definition) is 2. The first-order valence-corrected chi connectivity index (χ1v) is 5.50. The third kappa shape index (κ3) is 2.06. The number of benzene rings is 1. The van der Waals surface area contributed by atoms with Crippen LogP contribution in [-0.2, 0) is 0 Å². The van der Waals surface area contributed by atoms with Gasteiger partial charge in [0.1, 0.15) is 5.82 Å². The Morgan fingerprint density at radius 1 is 1.53 bits per heavy atom. The zero-order chi connectivity index (χ0) is 10.8. The first-order chi connectivity index (χ1) is 7.20. The topological polar surface area (TPSA) is 29.3 Å². The van der Waals surface area contributed by atoms with Crippen LogP contribution >= 0.6 is 0 Å². The summed E-state index contributed by atoms with van der Waals surface area (Å²) in [5.74, 6) is 0.520. The van der Waals surface area contributed by atoms with Gasteiger partial charge in [-0.05, 0) is 30.5 Å². The molecule has 1 saturated heterocycles. The van der Waals surface area contributed by atoms with Crippen LogP contribution in [0.4, 0.5) is 15.8 Å². The van der Waals surface area contributed by atoms with E-state index in [1.165, 1.54) is 25.0 Å².